The second kappa shape index (κ2) is 6.88. The Labute approximate surface area is 118 Å². The van der Waals surface area contributed by atoms with Crippen molar-refractivity contribution in [1.29, 1.82) is 0 Å². The van der Waals surface area contributed by atoms with Crippen LogP contribution in [0.1, 0.15) is 47.6 Å². The van der Waals surface area contributed by atoms with E-state index in [4.69, 9.17) is 19.7 Å². The number of furan rings is 1. The summed E-state index contributed by atoms with van der Waals surface area (Å²) in [5.74, 6) is 5.54. The van der Waals surface area contributed by atoms with Gasteiger partial charge >= 0.3 is 5.91 Å². The Kier molecular flexibility index (Phi) is 5.17. The number of hydrogen-bond donors (Lipinski definition) is 2. The van der Waals surface area contributed by atoms with E-state index in [1.165, 1.54) is 0 Å². The van der Waals surface area contributed by atoms with Gasteiger partial charge < -0.3 is 13.9 Å². The van der Waals surface area contributed by atoms with Gasteiger partial charge in [0.1, 0.15) is 5.76 Å². The standard InChI is InChI=1S/C14H22N2O4/c1-9-10(6-13(20-9)14(17)16-15)8-19-12-5-3-4-11(7-12)18-2/h6,11-12H,3-5,7-8,15H2,1-2H3,(H,16,17). The Bertz CT molecular complexity index is 458. The molecule has 0 aliphatic heterocycles. The van der Waals surface area contributed by atoms with Crippen LogP contribution in [-0.2, 0) is 16.1 Å². The summed E-state index contributed by atoms with van der Waals surface area (Å²) in [4.78, 5) is 11.4. The summed E-state index contributed by atoms with van der Waals surface area (Å²) in [7, 11) is 1.74. The highest BCUT2D eigenvalue weighted by molar-refractivity contribution is 5.91. The van der Waals surface area contributed by atoms with Crippen LogP contribution in [-0.4, -0.2) is 25.2 Å². The van der Waals surface area contributed by atoms with E-state index >= 15 is 0 Å². The van der Waals surface area contributed by atoms with Gasteiger partial charge in [-0.15, -0.1) is 0 Å². The van der Waals surface area contributed by atoms with Crippen LogP contribution in [0.5, 0.6) is 0 Å². The summed E-state index contributed by atoms with van der Waals surface area (Å²) in [6.45, 7) is 2.25. The molecular weight excluding hydrogens is 260 g/mol. The van der Waals surface area contributed by atoms with Crippen molar-refractivity contribution in [3.63, 3.8) is 0 Å². The molecule has 1 aromatic rings. The minimum Gasteiger partial charge on any atom is -0.456 e. The van der Waals surface area contributed by atoms with Crippen LogP contribution < -0.4 is 11.3 Å². The van der Waals surface area contributed by atoms with Crippen molar-refractivity contribution in [2.45, 2.75) is 51.4 Å². The molecule has 1 heterocycles. The van der Waals surface area contributed by atoms with Crippen LogP contribution in [0.25, 0.3) is 0 Å². The molecule has 3 N–H and O–H groups in total. The zero-order valence-electron chi connectivity index (χ0n) is 12.0. The molecule has 0 aromatic carbocycles. The summed E-state index contributed by atoms with van der Waals surface area (Å²) in [5.41, 5.74) is 2.93. The van der Waals surface area contributed by atoms with E-state index in [0.717, 1.165) is 31.2 Å². The number of hydrogen-bond acceptors (Lipinski definition) is 5. The maximum atomic E-state index is 11.4. The molecule has 1 aliphatic rings. The molecule has 2 rings (SSSR count). The largest absolute Gasteiger partial charge is 0.456 e. The molecule has 0 spiro atoms. The van der Waals surface area contributed by atoms with Gasteiger partial charge in [0.05, 0.1) is 18.8 Å². The molecule has 1 fully saturated rings. The van der Waals surface area contributed by atoms with Crippen molar-refractivity contribution in [2.75, 3.05) is 7.11 Å². The predicted molar refractivity (Wildman–Crippen MR) is 72.9 cm³/mol. The van der Waals surface area contributed by atoms with E-state index in [-0.39, 0.29) is 18.0 Å². The molecule has 0 radical (unpaired) electrons. The summed E-state index contributed by atoms with van der Waals surface area (Å²) in [5, 5.41) is 0. The molecule has 0 bridgehead atoms. The molecule has 20 heavy (non-hydrogen) atoms. The topological polar surface area (TPSA) is 86.7 Å². The van der Waals surface area contributed by atoms with Crippen molar-refractivity contribution in [3.8, 4) is 0 Å². The average molecular weight is 282 g/mol. The van der Waals surface area contributed by atoms with Crippen molar-refractivity contribution in [2.24, 2.45) is 5.84 Å². The Morgan fingerprint density at radius 2 is 2.25 bits per heavy atom. The quantitative estimate of drug-likeness (QED) is 0.487. The summed E-state index contributed by atoms with van der Waals surface area (Å²) in [6.07, 6.45) is 4.68. The normalized spacial score (nSPS) is 22.8. The number of nitrogen functional groups attached to an aromatic ring is 1. The molecule has 6 nitrogen and oxygen atoms in total. The first-order chi connectivity index (χ1) is 9.63. The second-order valence-corrected chi connectivity index (χ2v) is 5.12. The third kappa shape index (κ3) is 3.59. The molecule has 2 atom stereocenters. The number of nitrogens with two attached hydrogens (primary N) is 1. The molecule has 1 amide bonds. The Morgan fingerprint density at radius 3 is 2.95 bits per heavy atom. The maximum Gasteiger partial charge on any atom is 0.300 e. The van der Waals surface area contributed by atoms with Gasteiger partial charge in [-0.1, -0.05) is 0 Å². The van der Waals surface area contributed by atoms with E-state index in [2.05, 4.69) is 5.43 Å². The van der Waals surface area contributed by atoms with Gasteiger partial charge in [-0.3, -0.25) is 10.2 Å². The zero-order valence-corrected chi connectivity index (χ0v) is 12.0. The Balaban J connectivity index is 1.90. The first kappa shape index (κ1) is 15.0. The van der Waals surface area contributed by atoms with Crippen LogP contribution >= 0.6 is 0 Å². The molecule has 112 valence electrons. The second-order valence-electron chi connectivity index (χ2n) is 5.12. The lowest BCUT2D eigenvalue weighted by Gasteiger charge is -2.28. The molecule has 0 saturated heterocycles. The van der Waals surface area contributed by atoms with Gasteiger partial charge in [0.2, 0.25) is 0 Å². The Hall–Kier alpha value is -1.37. The third-order valence-corrected chi connectivity index (χ3v) is 3.76. The highest BCUT2D eigenvalue weighted by atomic mass is 16.5. The fourth-order valence-corrected chi connectivity index (χ4v) is 2.52. The molecule has 6 heteroatoms. The van der Waals surface area contributed by atoms with E-state index < -0.39 is 5.91 Å². The number of hydrazine groups is 1. The minimum atomic E-state index is -0.434. The monoisotopic (exact) mass is 282 g/mol. The van der Waals surface area contributed by atoms with Crippen molar-refractivity contribution >= 4 is 5.91 Å². The maximum absolute atomic E-state index is 11.4. The number of carbonyl (C=O) groups excluding carboxylic acids is 1. The summed E-state index contributed by atoms with van der Waals surface area (Å²) < 4.78 is 16.6. The van der Waals surface area contributed by atoms with Crippen LogP contribution in [0, 0.1) is 6.92 Å². The highest BCUT2D eigenvalue weighted by Crippen LogP contribution is 2.25. The molecule has 1 saturated carbocycles. The molecule has 2 unspecified atom stereocenters. The molecule has 1 aromatic heterocycles. The van der Waals surface area contributed by atoms with Gasteiger partial charge in [0, 0.05) is 12.7 Å². The molecular formula is C14H22N2O4. The fourth-order valence-electron chi connectivity index (χ4n) is 2.52. The highest BCUT2D eigenvalue weighted by Gasteiger charge is 2.23. The summed E-state index contributed by atoms with van der Waals surface area (Å²) >= 11 is 0. The van der Waals surface area contributed by atoms with Gasteiger partial charge in [0.25, 0.3) is 0 Å². The van der Waals surface area contributed by atoms with Crippen LogP contribution in [0.4, 0.5) is 0 Å². The number of ether oxygens (including phenoxy) is 2. The van der Waals surface area contributed by atoms with Gasteiger partial charge in [0.15, 0.2) is 5.76 Å². The number of amides is 1. The lowest BCUT2D eigenvalue weighted by atomic mass is 9.95. The lowest BCUT2D eigenvalue weighted by Crippen LogP contribution is -2.29. The smallest absolute Gasteiger partial charge is 0.300 e. The lowest BCUT2D eigenvalue weighted by molar-refractivity contribution is -0.0365. The van der Waals surface area contributed by atoms with Crippen LogP contribution in [0.3, 0.4) is 0 Å². The average Bonchev–Trinajstić information content (AvgIpc) is 2.85. The van der Waals surface area contributed by atoms with E-state index in [0.29, 0.717) is 12.4 Å². The van der Waals surface area contributed by atoms with Gasteiger partial charge in [-0.25, -0.2) is 5.84 Å². The fraction of sp³-hybridized carbons (Fsp3) is 0.643. The van der Waals surface area contributed by atoms with Crippen molar-refractivity contribution in [1.82, 2.24) is 5.43 Å². The van der Waals surface area contributed by atoms with Gasteiger partial charge in [-0.05, 0) is 38.7 Å². The van der Waals surface area contributed by atoms with Crippen molar-refractivity contribution in [3.05, 3.63) is 23.2 Å². The first-order valence-corrected chi connectivity index (χ1v) is 6.88. The third-order valence-electron chi connectivity index (χ3n) is 3.76. The molecule has 1 aliphatic carbocycles. The number of methoxy groups -OCH3 is 1. The Morgan fingerprint density at radius 1 is 1.50 bits per heavy atom. The number of rotatable bonds is 5. The van der Waals surface area contributed by atoms with E-state index in [1.807, 2.05) is 6.92 Å². The van der Waals surface area contributed by atoms with Crippen molar-refractivity contribution < 1.29 is 18.7 Å². The van der Waals surface area contributed by atoms with E-state index in [9.17, 15) is 4.79 Å². The summed E-state index contributed by atoms with van der Waals surface area (Å²) in [6, 6.07) is 1.67. The minimum absolute atomic E-state index is 0.204. The number of aryl methyl sites for hydroxylation is 1. The van der Waals surface area contributed by atoms with Gasteiger partial charge in [-0.2, -0.15) is 0 Å². The van der Waals surface area contributed by atoms with Crippen LogP contribution in [0.15, 0.2) is 10.5 Å². The van der Waals surface area contributed by atoms with E-state index in [1.54, 1.807) is 13.2 Å². The zero-order chi connectivity index (χ0) is 14.5. The number of carbonyl (C=O) groups is 1. The number of nitrogens with one attached hydrogen (secondary N) is 1. The van der Waals surface area contributed by atoms with Crippen LogP contribution in [0.2, 0.25) is 0 Å². The predicted octanol–water partition coefficient (Wildman–Crippen LogP) is 1.67. The SMILES string of the molecule is COC1CCCC(OCc2cc(C(=O)NN)oc2C)C1. The first-order valence-electron chi connectivity index (χ1n) is 6.88.